The molecule has 6 heteroatoms. The van der Waals surface area contributed by atoms with Crippen LogP contribution in [0.4, 0.5) is 11.4 Å². The summed E-state index contributed by atoms with van der Waals surface area (Å²) in [4.78, 5) is 15.5. The summed E-state index contributed by atoms with van der Waals surface area (Å²) in [5.41, 5.74) is 8.54. The van der Waals surface area contributed by atoms with Crippen LogP contribution in [0.15, 0.2) is 42.6 Å². The lowest BCUT2D eigenvalue weighted by atomic mass is 10.1. The number of anilines is 2. The van der Waals surface area contributed by atoms with E-state index in [4.69, 9.17) is 17.3 Å². The van der Waals surface area contributed by atoms with E-state index >= 15 is 0 Å². The zero-order valence-electron chi connectivity index (χ0n) is 10.8. The van der Waals surface area contributed by atoms with Gasteiger partial charge in [0.15, 0.2) is 0 Å². The number of benzene rings is 2. The van der Waals surface area contributed by atoms with Crippen molar-refractivity contribution < 1.29 is 4.79 Å². The van der Waals surface area contributed by atoms with Crippen molar-refractivity contribution in [1.29, 1.82) is 0 Å². The Morgan fingerprint density at radius 1 is 1.24 bits per heavy atom. The average Bonchev–Trinajstić information content (AvgIpc) is 2.84. The second kappa shape index (κ2) is 5.57. The van der Waals surface area contributed by atoms with Crippen molar-refractivity contribution in [2.45, 2.75) is 0 Å². The van der Waals surface area contributed by atoms with E-state index in [1.165, 1.54) is 0 Å². The third-order valence-electron chi connectivity index (χ3n) is 3.13. The zero-order valence-corrected chi connectivity index (χ0v) is 13.7. The summed E-state index contributed by atoms with van der Waals surface area (Å²) in [5, 5.41) is 4.37. The standard InChI is InChI=1S/C15H11ClIN3O/c16-8-1-4-13(12(17)5-8)20-15(21)11-7-19-14-6-9(18)2-3-10(11)14/h1-7,19H,18H2,(H,20,21). The Morgan fingerprint density at radius 3 is 2.81 bits per heavy atom. The molecule has 0 bridgehead atoms. The Balaban J connectivity index is 1.94. The van der Waals surface area contributed by atoms with Gasteiger partial charge in [0.05, 0.1) is 11.3 Å². The first-order valence-corrected chi connectivity index (χ1v) is 7.63. The van der Waals surface area contributed by atoms with Gasteiger partial charge < -0.3 is 16.0 Å². The Morgan fingerprint density at radius 2 is 2.05 bits per heavy atom. The summed E-state index contributed by atoms with van der Waals surface area (Å²) in [7, 11) is 0. The van der Waals surface area contributed by atoms with Gasteiger partial charge in [0.25, 0.3) is 5.91 Å². The van der Waals surface area contributed by atoms with Crippen LogP contribution in [-0.4, -0.2) is 10.9 Å². The van der Waals surface area contributed by atoms with Gasteiger partial charge in [0.1, 0.15) is 0 Å². The number of carbonyl (C=O) groups is 1. The second-order valence-electron chi connectivity index (χ2n) is 4.59. The molecular formula is C15H11ClIN3O. The lowest BCUT2D eigenvalue weighted by Gasteiger charge is -2.07. The van der Waals surface area contributed by atoms with Crippen LogP contribution >= 0.6 is 34.2 Å². The topological polar surface area (TPSA) is 70.9 Å². The van der Waals surface area contributed by atoms with E-state index in [1.54, 1.807) is 36.5 Å². The van der Waals surface area contributed by atoms with Crippen LogP contribution in [0.25, 0.3) is 10.9 Å². The highest BCUT2D eigenvalue weighted by molar-refractivity contribution is 14.1. The van der Waals surface area contributed by atoms with Crippen LogP contribution in [0.1, 0.15) is 10.4 Å². The number of nitrogens with two attached hydrogens (primary N) is 1. The summed E-state index contributed by atoms with van der Waals surface area (Å²) < 4.78 is 0.887. The highest BCUT2D eigenvalue weighted by atomic mass is 127. The van der Waals surface area contributed by atoms with Crippen molar-refractivity contribution in [3.8, 4) is 0 Å². The molecule has 0 aliphatic heterocycles. The minimum Gasteiger partial charge on any atom is -0.399 e. The van der Waals surface area contributed by atoms with Crippen molar-refractivity contribution in [1.82, 2.24) is 4.98 Å². The molecule has 0 atom stereocenters. The molecule has 0 saturated heterocycles. The maximum Gasteiger partial charge on any atom is 0.257 e. The van der Waals surface area contributed by atoms with Crippen LogP contribution in [0.5, 0.6) is 0 Å². The molecule has 3 rings (SSSR count). The van der Waals surface area contributed by atoms with Gasteiger partial charge in [-0.3, -0.25) is 4.79 Å². The summed E-state index contributed by atoms with van der Waals surface area (Å²) >= 11 is 8.05. The van der Waals surface area contributed by atoms with Crippen LogP contribution in [0.3, 0.4) is 0 Å². The van der Waals surface area contributed by atoms with Crippen LogP contribution in [-0.2, 0) is 0 Å². The predicted molar refractivity (Wildman–Crippen MR) is 94.8 cm³/mol. The summed E-state index contributed by atoms with van der Waals surface area (Å²) in [6.07, 6.45) is 1.68. The molecule has 21 heavy (non-hydrogen) atoms. The fourth-order valence-corrected chi connectivity index (χ4v) is 3.12. The van der Waals surface area contributed by atoms with Gasteiger partial charge in [-0.25, -0.2) is 0 Å². The number of carbonyl (C=O) groups excluding carboxylic acids is 1. The molecule has 0 unspecified atom stereocenters. The second-order valence-corrected chi connectivity index (χ2v) is 6.18. The number of rotatable bonds is 2. The molecule has 4 N–H and O–H groups in total. The van der Waals surface area contributed by atoms with Crippen molar-refractivity contribution in [2.75, 3.05) is 11.1 Å². The van der Waals surface area contributed by atoms with E-state index in [0.717, 1.165) is 20.2 Å². The number of aromatic nitrogens is 1. The van der Waals surface area contributed by atoms with Gasteiger partial charge in [-0.2, -0.15) is 0 Å². The fraction of sp³-hybridized carbons (Fsp3) is 0. The van der Waals surface area contributed by atoms with E-state index in [1.807, 2.05) is 6.07 Å². The van der Waals surface area contributed by atoms with Crippen LogP contribution in [0.2, 0.25) is 5.02 Å². The lowest BCUT2D eigenvalue weighted by molar-refractivity contribution is 0.102. The number of aromatic amines is 1. The zero-order chi connectivity index (χ0) is 15.0. The Labute approximate surface area is 139 Å². The third-order valence-corrected chi connectivity index (χ3v) is 4.26. The Hall–Kier alpha value is -1.73. The smallest absolute Gasteiger partial charge is 0.257 e. The molecule has 2 aromatic carbocycles. The Kier molecular flexibility index (Phi) is 3.77. The van der Waals surface area contributed by atoms with Gasteiger partial charge in [-0.05, 0) is 59.0 Å². The minimum atomic E-state index is -0.175. The average molecular weight is 412 g/mol. The highest BCUT2D eigenvalue weighted by Crippen LogP contribution is 2.25. The number of halogens is 2. The van der Waals surface area contributed by atoms with E-state index in [0.29, 0.717) is 16.3 Å². The molecule has 106 valence electrons. The largest absolute Gasteiger partial charge is 0.399 e. The quantitative estimate of drug-likeness (QED) is 0.435. The van der Waals surface area contributed by atoms with Gasteiger partial charge in [0, 0.05) is 31.4 Å². The van der Waals surface area contributed by atoms with Gasteiger partial charge in [-0.1, -0.05) is 11.6 Å². The SMILES string of the molecule is Nc1ccc2c(C(=O)Nc3ccc(Cl)cc3I)c[nH]c2c1. The maximum atomic E-state index is 12.4. The number of hydrogen-bond acceptors (Lipinski definition) is 2. The first kappa shape index (κ1) is 14.2. The normalized spacial score (nSPS) is 10.8. The molecule has 1 heterocycles. The van der Waals surface area contributed by atoms with Crippen molar-refractivity contribution in [3.05, 3.63) is 56.8 Å². The fourth-order valence-electron chi connectivity index (χ4n) is 2.11. The Bertz CT molecular complexity index is 844. The number of hydrogen-bond donors (Lipinski definition) is 3. The van der Waals surface area contributed by atoms with Crippen molar-refractivity contribution in [2.24, 2.45) is 0 Å². The molecular weight excluding hydrogens is 401 g/mol. The highest BCUT2D eigenvalue weighted by Gasteiger charge is 2.13. The summed E-state index contributed by atoms with van der Waals surface area (Å²) in [6, 6.07) is 10.7. The molecule has 3 aromatic rings. The molecule has 1 amide bonds. The maximum absolute atomic E-state index is 12.4. The molecule has 0 spiro atoms. The predicted octanol–water partition coefficient (Wildman–Crippen LogP) is 4.26. The first-order chi connectivity index (χ1) is 10.0. The van der Waals surface area contributed by atoms with E-state index in [9.17, 15) is 4.79 Å². The summed E-state index contributed by atoms with van der Waals surface area (Å²) in [6.45, 7) is 0. The van der Waals surface area contributed by atoms with E-state index < -0.39 is 0 Å². The first-order valence-electron chi connectivity index (χ1n) is 6.17. The molecule has 0 fully saturated rings. The van der Waals surface area contributed by atoms with Gasteiger partial charge in [0.2, 0.25) is 0 Å². The van der Waals surface area contributed by atoms with E-state index in [-0.39, 0.29) is 5.91 Å². The molecule has 0 radical (unpaired) electrons. The molecule has 4 nitrogen and oxygen atoms in total. The number of H-pyrrole nitrogens is 1. The van der Waals surface area contributed by atoms with Crippen LogP contribution < -0.4 is 11.1 Å². The number of nitrogen functional groups attached to an aromatic ring is 1. The summed E-state index contributed by atoms with van der Waals surface area (Å²) in [5.74, 6) is -0.175. The number of nitrogens with one attached hydrogen (secondary N) is 2. The van der Waals surface area contributed by atoms with Gasteiger partial charge in [-0.15, -0.1) is 0 Å². The van der Waals surface area contributed by atoms with Crippen LogP contribution in [0, 0.1) is 3.57 Å². The third kappa shape index (κ3) is 2.84. The van der Waals surface area contributed by atoms with Crippen molar-refractivity contribution in [3.63, 3.8) is 0 Å². The van der Waals surface area contributed by atoms with E-state index in [2.05, 4.69) is 32.9 Å². The molecule has 0 aliphatic carbocycles. The molecule has 1 aromatic heterocycles. The molecule has 0 aliphatic rings. The lowest BCUT2D eigenvalue weighted by Crippen LogP contribution is -2.12. The number of amides is 1. The number of fused-ring (bicyclic) bond motifs is 1. The minimum absolute atomic E-state index is 0.175. The van der Waals surface area contributed by atoms with Crippen molar-refractivity contribution >= 4 is 62.4 Å². The molecule has 0 saturated carbocycles. The monoisotopic (exact) mass is 411 g/mol. The van der Waals surface area contributed by atoms with Gasteiger partial charge >= 0.3 is 0 Å².